The van der Waals surface area contributed by atoms with Gasteiger partial charge in [0, 0.05) is 18.7 Å². The molecule has 0 saturated carbocycles. The molecule has 30 heavy (non-hydrogen) atoms. The van der Waals surface area contributed by atoms with Crippen LogP contribution >= 0.6 is 0 Å². The second kappa shape index (κ2) is 8.27. The smallest absolute Gasteiger partial charge is 0.255 e. The molecule has 2 amide bonds. The molecule has 154 valence electrons. The van der Waals surface area contributed by atoms with E-state index in [1.165, 1.54) is 6.33 Å². The molecule has 0 radical (unpaired) electrons. The van der Waals surface area contributed by atoms with Gasteiger partial charge in [-0.15, -0.1) is 5.10 Å². The molecule has 3 aromatic rings. The minimum atomic E-state index is -0.273. The van der Waals surface area contributed by atoms with Gasteiger partial charge in [0.05, 0.1) is 23.5 Å². The van der Waals surface area contributed by atoms with Gasteiger partial charge in [0.25, 0.3) is 5.91 Å². The largest absolute Gasteiger partial charge is 0.369 e. The summed E-state index contributed by atoms with van der Waals surface area (Å²) in [4.78, 5) is 30.6. The number of carbonyl (C=O) groups excluding carboxylic acids is 2. The topological polar surface area (TPSA) is 132 Å². The molecule has 3 heterocycles. The Kier molecular flexibility index (Phi) is 5.38. The molecule has 2 aromatic heterocycles. The highest BCUT2D eigenvalue weighted by molar-refractivity contribution is 6.04. The molecular formula is C20H22N8O2. The van der Waals surface area contributed by atoms with E-state index in [-0.39, 0.29) is 17.7 Å². The van der Waals surface area contributed by atoms with Crippen LogP contribution in [0.3, 0.4) is 0 Å². The van der Waals surface area contributed by atoms with Gasteiger partial charge in [0.15, 0.2) is 0 Å². The molecule has 0 aliphatic carbocycles. The van der Waals surface area contributed by atoms with Crippen LogP contribution in [0.2, 0.25) is 0 Å². The van der Waals surface area contributed by atoms with Crippen molar-refractivity contribution in [1.82, 2.24) is 25.2 Å². The average Bonchev–Trinajstić information content (AvgIpc) is 3.29. The lowest BCUT2D eigenvalue weighted by Crippen LogP contribution is -2.41. The summed E-state index contributed by atoms with van der Waals surface area (Å²) in [5, 5.41) is 14.0. The quantitative estimate of drug-likeness (QED) is 0.653. The summed E-state index contributed by atoms with van der Waals surface area (Å²) in [5.41, 5.74) is 8.24. The number of tetrazole rings is 1. The number of amides is 2. The lowest BCUT2D eigenvalue weighted by Gasteiger charge is -2.32. The number of nitrogens with zero attached hydrogens (tertiary/aromatic N) is 6. The Morgan fingerprint density at radius 1 is 1.23 bits per heavy atom. The zero-order chi connectivity index (χ0) is 21.1. The van der Waals surface area contributed by atoms with Crippen LogP contribution in [0, 0.1) is 12.8 Å². The van der Waals surface area contributed by atoms with E-state index >= 15 is 0 Å². The molecule has 1 saturated heterocycles. The first-order chi connectivity index (χ1) is 14.5. The molecule has 0 bridgehead atoms. The molecule has 10 heteroatoms. The average molecular weight is 406 g/mol. The number of piperidine rings is 1. The maximum Gasteiger partial charge on any atom is 0.255 e. The summed E-state index contributed by atoms with van der Waals surface area (Å²) in [6.45, 7) is 3.29. The van der Waals surface area contributed by atoms with Crippen molar-refractivity contribution in [3.05, 3.63) is 54.0 Å². The standard InChI is InChI=1S/C20H22N8O2/c1-13-9-14(4-6-17(13)28-12-23-25-26-28)20(30)24-16-5-7-18(22-10-16)27-8-2-3-15(11-27)19(21)29/h4-7,9-10,12,15H,2-3,8,11H2,1H3,(H2,21,29)(H,24,30). The third kappa shape index (κ3) is 4.12. The number of hydrogen-bond donors (Lipinski definition) is 2. The second-order valence-electron chi connectivity index (χ2n) is 7.30. The van der Waals surface area contributed by atoms with Crippen molar-refractivity contribution in [3.63, 3.8) is 0 Å². The first-order valence-electron chi connectivity index (χ1n) is 9.67. The van der Waals surface area contributed by atoms with E-state index in [4.69, 9.17) is 5.73 Å². The molecule has 1 fully saturated rings. The molecule has 4 rings (SSSR count). The van der Waals surface area contributed by atoms with E-state index in [1.807, 2.05) is 17.9 Å². The SMILES string of the molecule is Cc1cc(C(=O)Nc2ccc(N3CCCC(C(N)=O)C3)nc2)ccc1-n1cnnn1. The summed E-state index contributed by atoms with van der Waals surface area (Å²) in [5.74, 6) is 0.104. The number of pyridine rings is 1. The highest BCUT2D eigenvalue weighted by atomic mass is 16.2. The molecule has 1 unspecified atom stereocenters. The lowest BCUT2D eigenvalue weighted by molar-refractivity contribution is -0.122. The molecular weight excluding hydrogens is 384 g/mol. The summed E-state index contributed by atoms with van der Waals surface area (Å²) in [7, 11) is 0. The van der Waals surface area contributed by atoms with Crippen molar-refractivity contribution in [1.29, 1.82) is 0 Å². The number of aryl methyl sites for hydroxylation is 1. The normalized spacial score (nSPS) is 16.3. The van der Waals surface area contributed by atoms with Crippen LogP contribution in [0.15, 0.2) is 42.9 Å². The molecule has 3 N–H and O–H groups in total. The van der Waals surface area contributed by atoms with Crippen LogP contribution in [0.25, 0.3) is 5.69 Å². The first-order valence-corrected chi connectivity index (χ1v) is 9.67. The first kappa shape index (κ1) is 19.5. The van der Waals surface area contributed by atoms with Gasteiger partial charge in [-0.1, -0.05) is 0 Å². The van der Waals surface area contributed by atoms with Crippen molar-refractivity contribution in [2.75, 3.05) is 23.3 Å². The zero-order valence-electron chi connectivity index (χ0n) is 16.5. The number of hydrogen-bond acceptors (Lipinski definition) is 7. The molecule has 0 spiro atoms. The monoisotopic (exact) mass is 406 g/mol. The third-order valence-corrected chi connectivity index (χ3v) is 5.21. The highest BCUT2D eigenvalue weighted by Crippen LogP contribution is 2.23. The van der Waals surface area contributed by atoms with Gasteiger partial charge in [0.2, 0.25) is 5.91 Å². The van der Waals surface area contributed by atoms with Crippen LogP contribution in [-0.4, -0.2) is 50.1 Å². The highest BCUT2D eigenvalue weighted by Gasteiger charge is 2.24. The summed E-state index contributed by atoms with van der Waals surface area (Å²) >= 11 is 0. The molecule has 1 atom stereocenters. The van der Waals surface area contributed by atoms with Crippen molar-refractivity contribution in [2.24, 2.45) is 11.7 Å². The number of nitrogens with two attached hydrogens (primary N) is 1. The minimum Gasteiger partial charge on any atom is -0.369 e. The molecule has 1 aromatic carbocycles. The Balaban J connectivity index is 1.43. The Morgan fingerprint density at radius 2 is 2.10 bits per heavy atom. The summed E-state index contributed by atoms with van der Waals surface area (Å²) in [6.07, 6.45) is 4.83. The Hall–Kier alpha value is -3.82. The van der Waals surface area contributed by atoms with E-state index in [9.17, 15) is 9.59 Å². The van der Waals surface area contributed by atoms with Gasteiger partial charge >= 0.3 is 0 Å². The molecule has 1 aliphatic rings. The maximum absolute atomic E-state index is 12.6. The Bertz CT molecular complexity index is 1050. The Labute approximate surface area is 173 Å². The van der Waals surface area contributed by atoms with Crippen molar-refractivity contribution in [2.45, 2.75) is 19.8 Å². The van der Waals surface area contributed by atoms with E-state index in [1.54, 1.807) is 35.1 Å². The number of anilines is 2. The fourth-order valence-electron chi connectivity index (χ4n) is 3.59. The van der Waals surface area contributed by atoms with Crippen LogP contribution in [0.1, 0.15) is 28.8 Å². The zero-order valence-corrected chi connectivity index (χ0v) is 16.5. The predicted octanol–water partition coefficient (Wildman–Crippen LogP) is 1.32. The maximum atomic E-state index is 12.6. The number of benzene rings is 1. The Morgan fingerprint density at radius 3 is 2.77 bits per heavy atom. The number of primary amides is 1. The van der Waals surface area contributed by atoms with Gasteiger partial charge in [-0.25, -0.2) is 9.67 Å². The van der Waals surface area contributed by atoms with E-state index in [0.717, 1.165) is 36.5 Å². The second-order valence-corrected chi connectivity index (χ2v) is 7.30. The molecule has 10 nitrogen and oxygen atoms in total. The minimum absolute atomic E-state index is 0.153. The number of nitrogens with one attached hydrogen (secondary N) is 1. The third-order valence-electron chi connectivity index (χ3n) is 5.21. The van der Waals surface area contributed by atoms with Gasteiger partial charge in [-0.2, -0.15) is 0 Å². The van der Waals surface area contributed by atoms with Gasteiger partial charge in [0.1, 0.15) is 12.1 Å². The van der Waals surface area contributed by atoms with Crippen molar-refractivity contribution >= 4 is 23.3 Å². The predicted molar refractivity (Wildman–Crippen MR) is 110 cm³/mol. The number of carbonyl (C=O) groups is 2. The number of aromatic nitrogens is 5. The van der Waals surface area contributed by atoms with Crippen LogP contribution in [0.4, 0.5) is 11.5 Å². The van der Waals surface area contributed by atoms with Crippen LogP contribution in [0.5, 0.6) is 0 Å². The molecule has 1 aliphatic heterocycles. The van der Waals surface area contributed by atoms with Crippen molar-refractivity contribution in [3.8, 4) is 5.69 Å². The van der Waals surface area contributed by atoms with Gasteiger partial charge in [-0.05, 0) is 66.1 Å². The van der Waals surface area contributed by atoms with E-state index in [2.05, 4.69) is 25.8 Å². The fourth-order valence-corrected chi connectivity index (χ4v) is 3.59. The van der Waals surface area contributed by atoms with E-state index in [0.29, 0.717) is 17.8 Å². The number of rotatable bonds is 5. The fraction of sp³-hybridized carbons (Fsp3) is 0.300. The van der Waals surface area contributed by atoms with Gasteiger partial charge < -0.3 is 16.0 Å². The summed E-state index contributed by atoms with van der Waals surface area (Å²) < 4.78 is 1.54. The van der Waals surface area contributed by atoms with E-state index < -0.39 is 0 Å². The van der Waals surface area contributed by atoms with Crippen molar-refractivity contribution < 1.29 is 9.59 Å². The lowest BCUT2D eigenvalue weighted by atomic mass is 9.97. The van der Waals surface area contributed by atoms with Gasteiger partial charge in [-0.3, -0.25) is 9.59 Å². The summed E-state index contributed by atoms with van der Waals surface area (Å²) in [6, 6.07) is 8.94. The van der Waals surface area contributed by atoms with Crippen LogP contribution < -0.4 is 16.0 Å². The van der Waals surface area contributed by atoms with Crippen LogP contribution in [-0.2, 0) is 4.79 Å².